The molecule has 0 radical (unpaired) electrons. The number of anilines is 1. The molecule has 1 aliphatic carbocycles. The molecule has 1 fully saturated rings. The summed E-state index contributed by atoms with van der Waals surface area (Å²) in [5.74, 6) is 0.239. The van der Waals surface area contributed by atoms with Gasteiger partial charge in [0, 0.05) is 6.04 Å². The third kappa shape index (κ3) is 1.22. The van der Waals surface area contributed by atoms with Crippen LogP contribution in [0.25, 0.3) is 11.0 Å². The first-order valence-corrected chi connectivity index (χ1v) is 5.42. The largest absolute Gasteiger partial charge is 0.369 e. The van der Waals surface area contributed by atoms with Crippen LogP contribution in [0.4, 0.5) is 10.3 Å². The minimum absolute atomic E-state index is 0.243. The molecule has 1 aromatic carbocycles. The Kier molecular flexibility index (Phi) is 1.66. The Morgan fingerprint density at radius 1 is 1.50 bits per heavy atom. The van der Waals surface area contributed by atoms with Gasteiger partial charge in [-0.05, 0) is 30.0 Å². The molecule has 3 rings (SSSR count). The Morgan fingerprint density at radius 3 is 2.81 bits per heavy atom. The van der Waals surface area contributed by atoms with Crippen molar-refractivity contribution in [3.63, 3.8) is 0 Å². The van der Waals surface area contributed by atoms with Crippen LogP contribution in [0, 0.1) is 11.2 Å². The molecule has 1 saturated carbocycles. The van der Waals surface area contributed by atoms with Gasteiger partial charge >= 0.3 is 0 Å². The van der Waals surface area contributed by atoms with Crippen LogP contribution in [0.15, 0.2) is 18.2 Å². The van der Waals surface area contributed by atoms with E-state index in [9.17, 15) is 4.39 Å². The van der Waals surface area contributed by atoms with Crippen molar-refractivity contribution in [2.75, 3.05) is 5.73 Å². The monoisotopic (exact) mass is 219 g/mol. The molecule has 1 atom stereocenters. The van der Waals surface area contributed by atoms with Gasteiger partial charge in [0.25, 0.3) is 0 Å². The fourth-order valence-electron chi connectivity index (χ4n) is 2.29. The van der Waals surface area contributed by atoms with E-state index in [4.69, 9.17) is 5.73 Å². The van der Waals surface area contributed by atoms with Crippen LogP contribution < -0.4 is 5.73 Å². The Morgan fingerprint density at radius 2 is 2.19 bits per heavy atom. The van der Waals surface area contributed by atoms with Gasteiger partial charge in [0.05, 0.1) is 11.0 Å². The number of nitrogens with two attached hydrogens (primary N) is 1. The van der Waals surface area contributed by atoms with E-state index in [0.717, 1.165) is 17.5 Å². The summed E-state index contributed by atoms with van der Waals surface area (Å²) >= 11 is 0. The van der Waals surface area contributed by atoms with Gasteiger partial charge in [-0.1, -0.05) is 13.8 Å². The molecule has 84 valence electrons. The third-order valence-electron chi connectivity index (χ3n) is 3.45. The van der Waals surface area contributed by atoms with Crippen LogP contribution in [0.5, 0.6) is 0 Å². The Hall–Kier alpha value is -1.58. The lowest BCUT2D eigenvalue weighted by atomic mass is 10.2. The molecule has 0 saturated heterocycles. The van der Waals surface area contributed by atoms with Crippen molar-refractivity contribution < 1.29 is 4.39 Å². The summed E-state index contributed by atoms with van der Waals surface area (Å²) in [4.78, 5) is 4.26. The summed E-state index contributed by atoms with van der Waals surface area (Å²) in [5, 5.41) is 0. The summed E-state index contributed by atoms with van der Waals surface area (Å²) in [7, 11) is 0. The molecular formula is C12H14FN3. The van der Waals surface area contributed by atoms with Crippen LogP contribution in [0.3, 0.4) is 0 Å². The zero-order valence-corrected chi connectivity index (χ0v) is 9.37. The highest BCUT2D eigenvalue weighted by Crippen LogP contribution is 2.57. The molecule has 0 amide bonds. The van der Waals surface area contributed by atoms with Crippen LogP contribution in [0.2, 0.25) is 0 Å². The molecule has 1 unspecified atom stereocenters. The number of aromatic nitrogens is 2. The molecule has 1 aromatic heterocycles. The van der Waals surface area contributed by atoms with Gasteiger partial charge in [-0.2, -0.15) is 0 Å². The van der Waals surface area contributed by atoms with Crippen LogP contribution in [-0.4, -0.2) is 9.55 Å². The molecule has 4 heteroatoms. The predicted octanol–water partition coefficient (Wildman–Crippen LogP) is 2.73. The maximum Gasteiger partial charge on any atom is 0.201 e. The molecule has 2 N–H and O–H groups in total. The summed E-state index contributed by atoms with van der Waals surface area (Å²) in [5.41, 5.74) is 7.70. The minimum atomic E-state index is -0.243. The molecule has 1 aliphatic rings. The molecule has 0 spiro atoms. The molecule has 0 bridgehead atoms. The lowest BCUT2D eigenvalue weighted by molar-refractivity contribution is 0.552. The topological polar surface area (TPSA) is 43.8 Å². The van der Waals surface area contributed by atoms with Crippen molar-refractivity contribution in [1.82, 2.24) is 9.55 Å². The smallest absolute Gasteiger partial charge is 0.201 e. The fourth-order valence-corrected chi connectivity index (χ4v) is 2.29. The van der Waals surface area contributed by atoms with Crippen LogP contribution in [0.1, 0.15) is 26.3 Å². The maximum absolute atomic E-state index is 13.2. The van der Waals surface area contributed by atoms with Crippen molar-refractivity contribution >= 4 is 17.0 Å². The van der Waals surface area contributed by atoms with Crippen LogP contribution in [-0.2, 0) is 0 Å². The van der Waals surface area contributed by atoms with E-state index in [1.165, 1.54) is 12.1 Å². The predicted molar refractivity (Wildman–Crippen MR) is 61.5 cm³/mol. The standard InChI is InChI=1S/C12H14FN3/c1-12(2)6-10(12)16-9-5-7(13)3-4-8(9)15-11(16)14/h3-5,10H,6H2,1-2H3,(H2,14,15). The number of rotatable bonds is 1. The first kappa shape index (κ1) is 9.63. The SMILES string of the molecule is CC1(C)CC1n1c(N)nc2ccc(F)cc21. The fraction of sp³-hybridized carbons (Fsp3) is 0.417. The van der Waals surface area contributed by atoms with E-state index in [2.05, 4.69) is 18.8 Å². The van der Waals surface area contributed by atoms with E-state index in [0.29, 0.717) is 12.0 Å². The first-order valence-electron chi connectivity index (χ1n) is 5.42. The number of fused-ring (bicyclic) bond motifs is 1. The quantitative estimate of drug-likeness (QED) is 0.801. The van der Waals surface area contributed by atoms with Gasteiger partial charge in [0.15, 0.2) is 0 Å². The number of hydrogen-bond acceptors (Lipinski definition) is 2. The highest BCUT2D eigenvalue weighted by atomic mass is 19.1. The van der Waals surface area contributed by atoms with E-state index in [1.807, 2.05) is 4.57 Å². The zero-order valence-electron chi connectivity index (χ0n) is 9.37. The number of halogens is 1. The summed E-state index contributed by atoms with van der Waals surface area (Å²) in [6.07, 6.45) is 1.07. The number of hydrogen-bond donors (Lipinski definition) is 1. The van der Waals surface area contributed by atoms with E-state index in [1.54, 1.807) is 6.07 Å². The number of benzene rings is 1. The highest BCUT2D eigenvalue weighted by molar-refractivity contribution is 5.78. The van der Waals surface area contributed by atoms with Gasteiger partial charge in [-0.25, -0.2) is 9.37 Å². The normalized spacial score (nSPS) is 22.6. The second kappa shape index (κ2) is 2.75. The summed E-state index contributed by atoms with van der Waals surface area (Å²) < 4.78 is 15.2. The van der Waals surface area contributed by atoms with Crippen molar-refractivity contribution in [2.45, 2.75) is 26.3 Å². The van der Waals surface area contributed by atoms with Crippen molar-refractivity contribution in [3.8, 4) is 0 Å². The molecule has 1 heterocycles. The number of nitrogens with zero attached hydrogens (tertiary/aromatic N) is 2. The molecular weight excluding hydrogens is 205 g/mol. The zero-order chi connectivity index (χ0) is 11.5. The van der Waals surface area contributed by atoms with Crippen LogP contribution >= 0.6 is 0 Å². The average Bonchev–Trinajstić information content (AvgIpc) is 2.68. The second-order valence-electron chi connectivity index (χ2n) is 5.18. The third-order valence-corrected chi connectivity index (χ3v) is 3.45. The first-order chi connectivity index (χ1) is 7.49. The lowest BCUT2D eigenvalue weighted by Gasteiger charge is -2.08. The molecule has 16 heavy (non-hydrogen) atoms. The van der Waals surface area contributed by atoms with E-state index >= 15 is 0 Å². The number of imidazole rings is 1. The maximum atomic E-state index is 13.2. The van der Waals surface area contributed by atoms with Crippen molar-refractivity contribution in [2.24, 2.45) is 5.41 Å². The van der Waals surface area contributed by atoms with Gasteiger partial charge in [-0.3, -0.25) is 0 Å². The molecule has 2 aromatic rings. The highest BCUT2D eigenvalue weighted by Gasteiger charge is 2.48. The second-order valence-corrected chi connectivity index (χ2v) is 5.18. The van der Waals surface area contributed by atoms with Crippen molar-refractivity contribution in [3.05, 3.63) is 24.0 Å². The Labute approximate surface area is 93.1 Å². The van der Waals surface area contributed by atoms with Crippen molar-refractivity contribution in [1.29, 1.82) is 0 Å². The number of nitrogen functional groups attached to an aromatic ring is 1. The minimum Gasteiger partial charge on any atom is -0.369 e. The average molecular weight is 219 g/mol. The van der Waals surface area contributed by atoms with E-state index in [-0.39, 0.29) is 11.2 Å². The van der Waals surface area contributed by atoms with Gasteiger partial charge in [0.2, 0.25) is 5.95 Å². The summed E-state index contributed by atoms with van der Waals surface area (Å²) in [6, 6.07) is 4.94. The molecule has 3 nitrogen and oxygen atoms in total. The van der Waals surface area contributed by atoms with Gasteiger partial charge in [0.1, 0.15) is 5.82 Å². The lowest BCUT2D eigenvalue weighted by Crippen LogP contribution is -2.04. The van der Waals surface area contributed by atoms with Gasteiger partial charge in [-0.15, -0.1) is 0 Å². The van der Waals surface area contributed by atoms with Gasteiger partial charge < -0.3 is 10.3 Å². The molecule has 0 aliphatic heterocycles. The van der Waals surface area contributed by atoms with E-state index < -0.39 is 0 Å². The summed E-state index contributed by atoms with van der Waals surface area (Å²) in [6.45, 7) is 4.37. The Bertz CT molecular complexity index is 571. The Balaban J connectivity index is 2.23.